The molecule has 26 heavy (non-hydrogen) atoms. The highest BCUT2D eigenvalue weighted by atomic mass is 35.5. The van der Waals surface area contributed by atoms with Gasteiger partial charge in [0.15, 0.2) is 17.3 Å². The normalized spacial score (nSPS) is 14.7. The molecule has 0 heterocycles. The summed E-state index contributed by atoms with van der Waals surface area (Å²) >= 11 is 5.86. The Hall–Kier alpha value is -2.26. The van der Waals surface area contributed by atoms with Gasteiger partial charge < -0.3 is 9.47 Å². The lowest BCUT2D eigenvalue weighted by Gasteiger charge is -2.17. The fourth-order valence-electron chi connectivity index (χ4n) is 3.06. The molecule has 0 amide bonds. The Morgan fingerprint density at radius 1 is 1.12 bits per heavy atom. The van der Waals surface area contributed by atoms with Gasteiger partial charge in [-0.2, -0.15) is 0 Å². The molecular weight excluding hydrogens is 348 g/mol. The minimum Gasteiger partial charge on any atom is -0.490 e. The second-order valence-electron chi connectivity index (χ2n) is 6.37. The summed E-state index contributed by atoms with van der Waals surface area (Å²) in [6.07, 6.45) is 8.28. The third-order valence-corrected chi connectivity index (χ3v) is 4.67. The Kier molecular flexibility index (Phi) is 6.35. The van der Waals surface area contributed by atoms with Gasteiger partial charge in [0.25, 0.3) is 0 Å². The average molecular weight is 371 g/mol. The molecule has 0 aromatic heterocycles. The molecule has 0 aliphatic heterocycles. The minimum atomic E-state index is -0.0640. The van der Waals surface area contributed by atoms with Gasteiger partial charge in [-0.15, -0.1) is 0 Å². The number of ketones is 1. The van der Waals surface area contributed by atoms with Crippen molar-refractivity contribution in [2.24, 2.45) is 0 Å². The summed E-state index contributed by atoms with van der Waals surface area (Å²) in [6, 6.07) is 12.7. The van der Waals surface area contributed by atoms with E-state index in [2.05, 4.69) is 0 Å². The first-order valence-corrected chi connectivity index (χ1v) is 9.45. The second-order valence-corrected chi connectivity index (χ2v) is 6.80. The van der Waals surface area contributed by atoms with Crippen LogP contribution in [0, 0.1) is 0 Å². The summed E-state index contributed by atoms with van der Waals surface area (Å²) in [5.74, 6) is 1.44. The van der Waals surface area contributed by atoms with Crippen molar-refractivity contribution in [3.63, 3.8) is 0 Å². The summed E-state index contributed by atoms with van der Waals surface area (Å²) in [5.41, 5.74) is 1.51. The van der Waals surface area contributed by atoms with Crippen LogP contribution >= 0.6 is 11.6 Å². The van der Waals surface area contributed by atoms with Crippen LogP contribution in [0.15, 0.2) is 48.5 Å². The molecule has 4 heteroatoms. The molecular formula is C22H23ClO3. The Morgan fingerprint density at radius 2 is 1.85 bits per heavy atom. The molecule has 136 valence electrons. The topological polar surface area (TPSA) is 35.5 Å². The fourth-order valence-corrected chi connectivity index (χ4v) is 3.19. The number of hydrogen-bond acceptors (Lipinski definition) is 3. The van der Waals surface area contributed by atoms with Crippen LogP contribution in [-0.2, 0) is 0 Å². The van der Waals surface area contributed by atoms with E-state index >= 15 is 0 Å². The van der Waals surface area contributed by atoms with E-state index in [-0.39, 0.29) is 11.9 Å². The maximum atomic E-state index is 12.3. The molecule has 1 fully saturated rings. The van der Waals surface area contributed by atoms with Crippen molar-refractivity contribution in [1.29, 1.82) is 0 Å². The van der Waals surface area contributed by atoms with Crippen molar-refractivity contribution >= 4 is 23.5 Å². The molecule has 2 aromatic carbocycles. The van der Waals surface area contributed by atoms with Gasteiger partial charge in [0.05, 0.1) is 12.7 Å². The Morgan fingerprint density at radius 3 is 2.54 bits per heavy atom. The van der Waals surface area contributed by atoms with Crippen molar-refractivity contribution in [3.8, 4) is 11.5 Å². The highest BCUT2D eigenvalue weighted by Crippen LogP contribution is 2.33. The summed E-state index contributed by atoms with van der Waals surface area (Å²) in [5, 5.41) is 0.615. The zero-order valence-electron chi connectivity index (χ0n) is 14.9. The minimum absolute atomic E-state index is 0.0640. The van der Waals surface area contributed by atoms with Crippen molar-refractivity contribution in [2.75, 3.05) is 6.61 Å². The first-order valence-electron chi connectivity index (χ1n) is 9.07. The summed E-state index contributed by atoms with van der Waals surface area (Å²) in [6.45, 7) is 2.52. The predicted octanol–water partition coefficient (Wildman–Crippen LogP) is 5.96. The van der Waals surface area contributed by atoms with E-state index in [4.69, 9.17) is 21.1 Å². The molecule has 0 spiro atoms. The van der Waals surface area contributed by atoms with E-state index in [1.807, 2.05) is 25.1 Å². The SMILES string of the molecule is CCOc1cc(/C=C/C(=O)c2ccc(Cl)cc2)ccc1OC1CCCC1. The van der Waals surface area contributed by atoms with Crippen LogP contribution in [0.25, 0.3) is 6.08 Å². The maximum Gasteiger partial charge on any atom is 0.185 e. The number of carbonyl (C=O) groups is 1. The van der Waals surface area contributed by atoms with E-state index in [9.17, 15) is 4.79 Å². The molecule has 1 aliphatic rings. The van der Waals surface area contributed by atoms with Gasteiger partial charge >= 0.3 is 0 Å². The van der Waals surface area contributed by atoms with Crippen molar-refractivity contribution in [3.05, 3.63) is 64.7 Å². The molecule has 1 saturated carbocycles. The standard InChI is InChI=1S/C22H23ClO3/c1-2-25-22-15-16(8-14-21(22)26-19-5-3-4-6-19)7-13-20(24)17-9-11-18(23)12-10-17/h7-15,19H,2-6H2,1H3/b13-7+. The van der Waals surface area contributed by atoms with Gasteiger partial charge in [0, 0.05) is 10.6 Å². The van der Waals surface area contributed by atoms with Crippen LogP contribution in [-0.4, -0.2) is 18.5 Å². The highest BCUT2D eigenvalue weighted by Gasteiger charge is 2.18. The van der Waals surface area contributed by atoms with Crippen LogP contribution in [0.4, 0.5) is 0 Å². The van der Waals surface area contributed by atoms with Gasteiger partial charge in [0.2, 0.25) is 0 Å². The van der Waals surface area contributed by atoms with E-state index in [0.29, 0.717) is 17.2 Å². The second kappa shape index (κ2) is 8.91. The van der Waals surface area contributed by atoms with Gasteiger partial charge in [-0.05, 0) is 80.6 Å². The number of benzene rings is 2. The lowest BCUT2D eigenvalue weighted by molar-refractivity contribution is 0.104. The number of ether oxygens (including phenoxy) is 2. The number of carbonyl (C=O) groups excluding carboxylic acids is 1. The largest absolute Gasteiger partial charge is 0.490 e. The van der Waals surface area contributed by atoms with Crippen LogP contribution in [0.3, 0.4) is 0 Å². The highest BCUT2D eigenvalue weighted by molar-refractivity contribution is 6.30. The summed E-state index contributed by atoms with van der Waals surface area (Å²) in [4.78, 5) is 12.3. The van der Waals surface area contributed by atoms with Crippen LogP contribution < -0.4 is 9.47 Å². The lowest BCUT2D eigenvalue weighted by atomic mass is 10.1. The van der Waals surface area contributed by atoms with E-state index < -0.39 is 0 Å². The Bertz CT molecular complexity index is 774. The molecule has 2 aromatic rings. The van der Waals surface area contributed by atoms with Gasteiger partial charge in [-0.25, -0.2) is 0 Å². The molecule has 0 radical (unpaired) electrons. The van der Waals surface area contributed by atoms with Gasteiger partial charge in [0.1, 0.15) is 0 Å². The molecule has 0 atom stereocenters. The van der Waals surface area contributed by atoms with Crippen molar-refractivity contribution in [2.45, 2.75) is 38.7 Å². The van der Waals surface area contributed by atoms with E-state index in [1.54, 1.807) is 36.4 Å². The monoisotopic (exact) mass is 370 g/mol. The molecule has 1 aliphatic carbocycles. The van der Waals surface area contributed by atoms with Crippen LogP contribution in [0.5, 0.6) is 11.5 Å². The summed E-state index contributed by atoms with van der Waals surface area (Å²) < 4.78 is 11.8. The zero-order valence-corrected chi connectivity index (χ0v) is 15.7. The van der Waals surface area contributed by atoms with Gasteiger partial charge in [-0.1, -0.05) is 23.7 Å². The molecule has 0 bridgehead atoms. The van der Waals surface area contributed by atoms with Gasteiger partial charge in [-0.3, -0.25) is 4.79 Å². The number of hydrogen-bond donors (Lipinski definition) is 0. The molecule has 3 nitrogen and oxygen atoms in total. The van der Waals surface area contributed by atoms with Crippen molar-refractivity contribution < 1.29 is 14.3 Å². The Labute approximate surface area is 159 Å². The number of halogens is 1. The zero-order chi connectivity index (χ0) is 18.4. The fraction of sp³-hybridized carbons (Fsp3) is 0.318. The van der Waals surface area contributed by atoms with E-state index in [1.165, 1.54) is 12.8 Å². The van der Waals surface area contributed by atoms with E-state index in [0.717, 1.165) is 29.9 Å². The smallest absolute Gasteiger partial charge is 0.185 e. The predicted molar refractivity (Wildman–Crippen MR) is 105 cm³/mol. The maximum absolute atomic E-state index is 12.3. The average Bonchev–Trinajstić information content (AvgIpc) is 3.15. The molecule has 0 unspecified atom stereocenters. The molecule has 3 rings (SSSR count). The first-order chi connectivity index (χ1) is 12.7. The molecule has 0 N–H and O–H groups in total. The quantitative estimate of drug-likeness (QED) is 0.445. The number of allylic oxidation sites excluding steroid dienone is 1. The lowest BCUT2D eigenvalue weighted by Crippen LogP contribution is -2.11. The third kappa shape index (κ3) is 4.89. The summed E-state index contributed by atoms with van der Waals surface area (Å²) in [7, 11) is 0. The third-order valence-electron chi connectivity index (χ3n) is 4.42. The number of rotatable bonds is 7. The molecule has 0 saturated heterocycles. The first kappa shape index (κ1) is 18.5. The van der Waals surface area contributed by atoms with Crippen molar-refractivity contribution in [1.82, 2.24) is 0 Å². The van der Waals surface area contributed by atoms with Crippen LogP contribution in [0.2, 0.25) is 5.02 Å². The van der Waals surface area contributed by atoms with Crippen LogP contribution in [0.1, 0.15) is 48.5 Å². The Balaban J connectivity index is 1.73.